The van der Waals surface area contributed by atoms with Gasteiger partial charge in [0.25, 0.3) is 0 Å². The van der Waals surface area contributed by atoms with Gasteiger partial charge in [-0.2, -0.15) is 11.8 Å². The molecule has 0 saturated heterocycles. The summed E-state index contributed by atoms with van der Waals surface area (Å²) in [7, 11) is 0. The first-order valence-corrected chi connectivity index (χ1v) is 7.36. The molecule has 15 heavy (non-hydrogen) atoms. The van der Waals surface area contributed by atoms with Gasteiger partial charge in [0.1, 0.15) is 0 Å². The lowest BCUT2D eigenvalue weighted by atomic mass is 10.1. The highest BCUT2D eigenvalue weighted by Crippen LogP contribution is 2.30. The summed E-state index contributed by atoms with van der Waals surface area (Å²) >= 11 is 2.12. The molecule has 0 aromatic carbocycles. The molecular formula is C12H22N2S. The van der Waals surface area contributed by atoms with Gasteiger partial charge in [0, 0.05) is 24.3 Å². The Labute approximate surface area is 97.3 Å². The van der Waals surface area contributed by atoms with E-state index in [1.807, 2.05) is 0 Å². The maximum atomic E-state index is 4.58. The second-order valence-corrected chi connectivity index (χ2v) is 5.98. The molecule has 3 heteroatoms. The third-order valence-corrected chi connectivity index (χ3v) is 4.64. The summed E-state index contributed by atoms with van der Waals surface area (Å²) in [5.74, 6) is 2.53. The summed E-state index contributed by atoms with van der Waals surface area (Å²) in [6.45, 7) is 3.30. The van der Waals surface area contributed by atoms with E-state index in [0.29, 0.717) is 6.04 Å². The highest BCUT2D eigenvalue weighted by molar-refractivity contribution is 7.99. The van der Waals surface area contributed by atoms with Gasteiger partial charge in [-0.3, -0.25) is 4.99 Å². The lowest BCUT2D eigenvalue weighted by Crippen LogP contribution is -2.39. The van der Waals surface area contributed by atoms with E-state index in [1.54, 1.807) is 0 Å². The van der Waals surface area contributed by atoms with Gasteiger partial charge >= 0.3 is 0 Å². The second-order valence-electron chi connectivity index (χ2n) is 4.46. The van der Waals surface area contributed by atoms with Crippen LogP contribution < -0.4 is 5.32 Å². The fourth-order valence-corrected chi connectivity index (χ4v) is 3.73. The Bertz CT molecular complexity index is 228. The van der Waals surface area contributed by atoms with Gasteiger partial charge in [-0.1, -0.05) is 13.3 Å². The van der Waals surface area contributed by atoms with Crippen LogP contribution in [0.15, 0.2) is 4.99 Å². The van der Waals surface area contributed by atoms with E-state index in [4.69, 9.17) is 0 Å². The standard InChI is InChI=1S/C12H22N2S/c1-2-15-11-7-5-6-10(11)14-12-8-3-4-9-13-12/h10-11H,2-9H2,1H3,(H,13,14). The summed E-state index contributed by atoms with van der Waals surface area (Å²) < 4.78 is 0. The largest absolute Gasteiger partial charge is 0.370 e. The van der Waals surface area contributed by atoms with E-state index in [2.05, 4.69) is 29.0 Å². The van der Waals surface area contributed by atoms with E-state index in [-0.39, 0.29) is 0 Å². The van der Waals surface area contributed by atoms with Crippen LogP contribution in [0.25, 0.3) is 0 Å². The third kappa shape index (κ3) is 3.13. The van der Waals surface area contributed by atoms with Crippen molar-refractivity contribution in [1.29, 1.82) is 0 Å². The number of hydrogen-bond donors (Lipinski definition) is 1. The Kier molecular flexibility index (Phi) is 4.36. The predicted molar refractivity (Wildman–Crippen MR) is 68.8 cm³/mol. The summed E-state index contributed by atoms with van der Waals surface area (Å²) in [4.78, 5) is 4.58. The molecule has 1 fully saturated rings. The van der Waals surface area contributed by atoms with Gasteiger partial charge in [0.05, 0.1) is 5.84 Å². The van der Waals surface area contributed by atoms with Crippen molar-refractivity contribution in [3.8, 4) is 0 Å². The number of nitrogens with one attached hydrogen (secondary N) is 1. The highest BCUT2D eigenvalue weighted by Gasteiger charge is 2.27. The van der Waals surface area contributed by atoms with Gasteiger partial charge in [-0.15, -0.1) is 0 Å². The number of nitrogens with zero attached hydrogens (tertiary/aromatic N) is 1. The van der Waals surface area contributed by atoms with Crippen LogP contribution in [0, 0.1) is 0 Å². The molecule has 0 radical (unpaired) electrons. The van der Waals surface area contributed by atoms with E-state index < -0.39 is 0 Å². The number of amidine groups is 1. The summed E-state index contributed by atoms with van der Waals surface area (Å²) in [5.41, 5.74) is 0. The zero-order valence-electron chi connectivity index (χ0n) is 9.67. The minimum atomic E-state index is 0.701. The van der Waals surface area contributed by atoms with Crippen LogP contribution in [-0.2, 0) is 0 Å². The lowest BCUT2D eigenvalue weighted by Gasteiger charge is -2.23. The maximum absolute atomic E-state index is 4.58. The lowest BCUT2D eigenvalue weighted by molar-refractivity contribution is 0.612. The van der Waals surface area contributed by atoms with Crippen molar-refractivity contribution in [3.05, 3.63) is 0 Å². The monoisotopic (exact) mass is 226 g/mol. The molecule has 0 aromatic heterocycles. The van der Waals surface area contributed by atoms with Crippen molar-refractivity contribution in [1.82, 2.24) is 5.32 Å². The van der Waals surface area contributed by atoms with Gasteiger partial charge in [0.2, 0.25) is 0 Å². The molecule has 0 spiro atoms. The molecule has 0 aromatic rings. The van der Waals surface area contributed by atoms with E-state index in [0.717, 1.165) is 11.8 Å². The predicted octanol–water partition coefficient (Wildman–Crippen LogP) is 2.83. The minimum absolute atomic E-state index is 0.701. The van der Waals surface area contributed by atoms with Crippen LogP contribution in [0.4, 0.5) is 0 Å². The van der Waals surface area contributed by atoms with Crippen LogP contribution in [0.1, 0.15) is 45.4 Å². The normalized spacial score (nSPS) is 31.4. The van der Waals surface area contributed by atoms with Crippen molar-refractivity contribution in [2.45, 2.75) is 56.7 Å². The average Bonchev–Trinajstić information content (AvgIpc) is 2.68. The van der Waals surface area contributed by atoms with Gasteiger partial charge in [-0.25, -0.2) is 0 Å². The highest BCUT2D eigenvalue weighted by atomic mass is 32.2. The van der Waals surface area contributed by atoms with Crippen LogP contribution >= 0.6 is 11.8 Å². The first-order chi connectivity index (χ1) is 7.40. The molecular weight excluding hydrogens is 204 g/mol. The van der Waals surface area contributed by atoms with Crippen LogP contribution in [0.3, 0.4) is 0 Å². The fraction of sp³-hybridized carbons (Fsp3) is 0.917. The van der Waals surface area contributed by atoms with Crippen LogP contribution in [0.5, 0.6) is 0 Å². The Morgan fingerprint density at radius 2 is 2.27 bits per heavy atom. The Balaban J connectivity index is 1.84. The van der Waals surface area contributed by atoms with Crippen molar-refractivity contribution < 1.29 is 0 Å². The first kappa shape index (κ1) is 11.3. The van der Waals surface area contributed by atoms with Crippen molar-refractivity contribution >= 4 is 17.6 Å². The number of aliphatic imine (C=N–C) groups is 1. The maximum Gasteiger partial charge on any atom is 0.0965 e. The molecule has 1 N–H and O–H groups in total. The smallest absolute Gasteiger partial charge is 0.0965 e. The van der Waals surface area contributed by atoms with E-state index in [1.165, 1.54) is 50.1 Å². The van der Waals surface area contributed by atoms with Gasteiger partial charge in [0.15, 0.2) is 0 Å². The van der Waals surface area contributed by atoms with E-state index in [9.17, 15) is 0 Å². The molecule has 1 heterocycles. The summed E-state index contributed by atoms with van der Waals surface area (Å²) in [6.07, 6.45) is 7.91. The fourth-order valence-electron chi connectivity index (χ4n) is 2.53. The molecule has 2 nitrogen and oxygen atoms in total. The Hall–Kier alpha value is -0.180. The quantitative estimate of drug-likeness (QED) is 0.800. The number of rotatable bonds is 3. The molecule has 86 valence electrons. The topological polar surface area (TPSA) is 24.4 Å². The van der Waals surface area contributed by atoms with E-state index >= 15 is 0 Å². The van der Waals surface area contributed by atoms with Crippen molar-refractivity contribution in [2.75, 3.05) is 12.3 Å². The second kappa shape index (κ2) is 5.78. The average molecular weight is 226 g/mol. The first-order valence-electron chi connectivity index (χ1n) is 6.31. The minimum Gasteiger partial charge on any atom is -0.370 e. The summed E-state index contributed by atoms with van der Waals surface area (Å²) in [6, 6.07) is 0.701. The zero-order chi connectivity index (χ0) is 10.5. The molecule has 2 aliphatic rings. The van der Waals surface area contributed by atoms with Gasteiger partial charge < -0.3 is 5.32 Å². The van der Waals surface area contributed by atoms with Crippen molar-refractivity contribution in [2.24, 2.45) is 4.99 Å². The third-order valence-electron chi connectivity index (χ3n) is 3.31. The molecule has 2 atom stereocenters. The number of hydrogen-bond acceptors (Lipinski definition) is 3. The molecule has 2 unspecified atom stereocenters. The zero-order valence-corrected chi connectivity index (χ0v) is 10.5. The molecule has 1 saturated carbocycles. The SMILES string of the molecule is CCSC1CCCC1NC1=NCCCC1. The number of thioether (sulfide) groups is 1. The Morgan fingerprint density at radius 3 is 3.00 bits per heavy atom. The molecule has 0 bridgehead atoms. The molecule has 2 rings (SSSR count). The molecule has 1 aliphatic carbocycles. The van der Waals surface area contributed by atoms with Crippen molar-refractivity contribution in [3.63, 3.8) is 0 Å². The molecule has 1 aliphatic heterocycles. The molecule has 0 amide bonds. The van der Waals surface area contributed by atoms with Crippen LogP contribution in [-0.4, -0.2) is 29.4 Å². The summed E-state index contributed by atoms with van der Waals surface area (Å²) in [5, 5.41) is 4.51. The van der Waals surface area contributed by atoms with Gasteiger partial charge in [-0.05, 0) is 31.4 Å². The van der Waals surface area contributed by atoms with Crippen LogP contribution in [0.2, 0.25) is 0 Å². The Morgan fingerprint density at radius 1 is 1.33 bits per heavy atom.